The van der Waals surface area contributed by atoms with Gasteiger partial charge in [-0.2, -0.15) is 0 Å². The van der Waals surface area contributed by atoms with Crippen LogP contribution in [-0.2, 0) is 0 Å². The van der Waals surface area contributed by atoms with Gasteiger partial charge in [-0.25, -0.2) is 9.98 Å². The van der Waals surface area contributed by atoms with Crippen LogP contribution in [0, 0.1) is 20.8 Å². The molecule has 1 aliphatic rings. The Kier molecular flexibility index (Phi) is 12.1. The number of quaternary nitrogens is 1. The summed E-state index contributed by atoms with van der Waals surface area (Å²) in [7, 11) is 0. The number of nitrogen functional groups attached to an aromatic ring is 2. The highest BCUT2D eigenvalue weighted by Crippen LogP contribution is 2.34. The smallest absolute Gasteiger partial charge is 0.239 e. The number of nitrogens with two attached hydrogens (primary N) is 3. The molecule has 8 N–H and O–H groups in total. The zero-order valence-electron chi connectivity index (χ0n) is 33.8. The summed E-state index contributed by atoms with van der Waals surface area (Å²) in [6, 6.07) is 33.5. The van der Waals surface area contributed by atoms with E-state index in [2.05, 4.69) is 126 Å². The molecule has 1 aliphatic carbocycles. The van der Waals surface area contributed by atoms with Crippen molar-refractivity contribution in [3.63, 3.8) is 0 Å². The molecule has 1 heterocycles. The van der Waals surface area contributed by atoms with E-state index in [0.717, 1.165) is 116 Å². The van der Waals surface area contributed by atoms with Crippen LogP contribution >= 0.6 is 0 Å². The molecule has 6 aromatic rings. The van der Waals surface area contributed by atoms with E-state index in [4.69, 9.17) is 21.4 Å². The third-order valence-electron chi connectivity index (χ3n) is 10.9. The first-order chi connectivity index (χ1) is 27.7. The van der Waals surface area contributed by atoms with Crippen molar-refractivity contribution < 1.29 is 9.88 Å². The van der Waals surface area contributed by atoms with Crippen molar-refractivity contribution in [1.29, 1.82) is 0 Å². The number of aryl methyl sites for hydroxylation is 3. The van der Waals surface area contributed by atoms with Crippen LogP contribution in [-0.4, -0.2) is 23.8 Å². The Hall–Kier alpha value is -6.25. The van der Waals surface area contributed by atoms with Gasteiger partial charge in [-0.05, 0) is 98.7 Å². The van der Waals surface area contributed by atoms with Gasteiger partial charge in [-0.15, -0.1) is 4.57 Å². The molecule has 0 saturated carbocycles. The molecule has 0 bridgehead atoms. The molecule has 0 atom stereocenters. The number of benzene rings is 5. The summed E-state index contributed by atoms with van der Waals surface area (Å²) >= 11 is 0. The maximum atomic E-state index is 6.58. The lowest BCUT2D eigenvalue weighted by Crippen LogP contribution is -2.71. The second-order valence-corrected chi connectivity index (χ2v) is 15.3. The Morgan fingerprint density at radius 2 is 1.33 bits per heavy atom. The van der Waals surface area contributed by atoms with Crippen LogP contribution in [0.3, 0.4) is 0 Å². The number of hydrogen-bond donors (Lipinski definition) is 5. The van der Waals surface area contributed by atoms with Crippen molar-refractivity contribution in [2.75, 3.05) is 29.9 Å². The molecule has 1 aromatic heterocycles. The topological polar surface area (TPSA) is 122 Å². The molecule has 8 heteroatoms. The van der Waals surface area contributed by atoms with E-state index in [9.17, 15) is 0 Å². The van der Waals surface area contributed by atoms with Gasteiger partial charge in [0.2, 0.25) is 16.7 Å². The molecule has 0 radical (unpaired) electrons. The summed E-state index contributed by atoms with van der Waals surface area (Å²) in [6.07, 6.45) is 11.3. The number of aliphatic imine (C=N–C) groups is 1. The quantitative estimate of drug-likeness (QED) is 0.0309. The van der Waals surface area contributed by atoms with Gasteiger partial charge in [0, 0.05) is 54.8 Å². The van der Waals surface area contributed by atoms with Gasteiger partial charge in [0.05, 0.1) is 17.1 Å². The average Bonchev–Trinajstić information content (AvgIpc) is 3.21. The lowest BCUT2D eigenvalue weighted by atomic mass is 9.98. The fraction of sp³-hybridized carbons (Fsp3) is 0.245. The largest absolute Gasteiger partial charge is 0.397 e. The minimum Gasteiger partial charge on any atom is -0.397 e. The third-order valence-corrected chi connectivity index (χ3v) is 10.9. The van der Waals surface area contributed by atoms with Gasteiger partial charge in [-0.1, -0.05) is 80.8 Å². The number of hydrogen-bond acceptors (Lipinski definition) is 6. The summed E-state index contributed by atoms with van der Waals surface area (Å²) in [6.45, 7) is 14.6. The highest BCUT2D eigenvalue weighted by atomic mass is 15.0. The monoisotopic (exact) mass is 756 g/mol. The van der Waals surface area contributed by atoms with Crippen molar-refractivity contribution in [2.24, 2.45) is 4.99 Å². The molecule has 7 rings (SSSR count). The fourth-order valence-corrected chi connectivity index (χ4v) is 7.49. The molecule has 57 heavy (non-hydrogen) atoms. The first kappa shape index (κ1) is 39.0. The number of fused-ring (bicyclic) bond motifs is 2. The van der Waals surface area contributed by atoms with Crippen LogP contribution < -0.4 is 32.0 Å². The molecular formula is C49H56N8+2. The molecule has 0 saturated heterocycles. The Morgan fingerprint density at radius 3 is 2.07 bits per heavy atom. The second-order valence-electron chi connectivity index (χ2n) is 15.3. The summed E-state index contributed by atoms with van der Waals surface area (Å²) in [5, 5.41) is 9.51. The van der Waals surface area contributed by atoms with Gasteiger partial charge < -0.3 is 22.1 Å². The molecule has 5 aromatic carbocycles. The third kappa shape index (κ3) is 8.92. The van der Waals surface area contributed by atoms with Gasteiger partial charge in [0.15, 0.2) is 11.2 Å². The van der Waals surface area contributed by atoms with Crippen molar-refractivity contribution in [2.45, 2.75) is 66.2 Å². The highest BCUT2D eigenvalue weighted by Gasteiger charge is 2.23. The van der Waals surface area contributed by atoms with Crippen LogP contribution in [0.15, 0.2) is 138 Å². The number of unbranched alkanes of at least 4 members (excludes halogenated alkanes) is 5. The lowest BCUT2D eigenvalue weighted by Gasteiger charge is -2.18. The summed E-state index contributed by atoms with van der Waals surface area (Å²) < 4.78 is 2.28. The predicted octanol–water partition coefficient (Wildman–Crippen LogP) is 9.80. The SMILES string of the molecule is C=C1C=C(NCCCCCCCCNc2cc3c(cc2C)nc2c(N)c(C)ccc2[n+]3-c2ccccc2)C(C)=CC1=Nc1c([NH2+]c2ccccc2)ccc(C)c1N. The molecule has 0 spiro atoms. The van der Waals surface area contributed by atoms with Crippen molar-refractivity contribution in [3.05, 3.63) is 149 Å². The Bertz CT molecular complexity index is 2520. The predicted molar refractivity (Wildman–Crippen MR) is 240 cm³/mol. The number of aromatic nitrogens is 2. The zero-order chi connectivity index (χ0) is 39.9. The van der Waals surface area contributed by atoms with Gasteiger partial charge in [0.25, 0.3) is 0 Å². The first-order valence-corrected chi connectivity index (χ1v) is 20.2. The maximum Gasteiger partial charge on any atom is 0.239 e. The molecular weight excluding hydrogens is 701 g/mol. The maximum absolute atomic E-state index is 6.58. The second kappa shape index (κ2) is 17.7. The summed E-state index contributed by atoms with van der Waals surface area (Å²) in [5.41, 5.74) is 30.7. The standard InChI is InChI=1S/C49H54N8/c1-32-22-24-39(54-37-18-12-10-13-19-37)48(46(32)50)55-42-29-34(3)40(28-36(42)5)52-26-16-8-6-7-9-17-27-53-41-31-45-43(30-35(41)4)56-49-44(25-23-33(2)47(49)51)57(45)38-20-14-11-15-21-38/h10-15,18-25,28-31,52,54H,5-9,16-17,26-27,50H2,1-4H3,(H2,51,53)/p+2. The minimum absolute atomic E-state index is 0.695. The normalized spacial score (nSPS) is 13.6. The summed E-state index contributed by atoms with van der Waals surface area (Å²) in [5.74, 6) is 0. The van der Waals surface area contributed by atoms with Gasteiger partial charge in [-0.3, -0.25) is 5.32 Å². The lowest BCUT2D eigenvalue weighted by molar-refractivity contribution is -0.538. The van der Waals surface area contributed by atoms with Crippen molar-refractivity contribution >= 4 is 61.9 Å². The van der Waals surface area contributed by atoms with Gasteiger partial charge >= 0.3 is 0 Å². The fourth-order valence-electron chi connectivity index (χ4n) is 7.49. The van der Waals surface area contributed by atoms with E-state index in [1.807, 2.05) is 38.1 Å². The number of nitrogens with zero attached hydrogens (tertiary/aromatic N) is 3. The number of para-hydroxylation sites is 2. The van der Waals surface area contributed by atoms with Crippen LogP contribution in [0.4, 0.5) is 34.1 Å². The molecule has 290 valence electrons. The van der Waals surface area contributed by atoms with E-state index >= 15 is 0 Å². The molecule has 0 amide bonds. The minimum atomic E-state index is 0.695. The Morgan fingerprint density at radius 1 is 0.684 bits per heavy atom. The molecule has 0 unspecified atom stereocenters. The van der Waals surface area contributed by atoms with E-state index < -0.39 is 0 Å². The van der Waals surface area contributed by atoms with E-state index in [-0.39, 0.29) is 0 Å². The molecule has 0 aliphatic heterocycles. The van der Waals surface area contributed by atoms with E-state index in [1.54, 1.807) is 0 Å². The average molecular weight is 757 g/mol. The number of anilines is 3. The molecule has 8 nitrogen and oxygen atoms in total. The first-order valence-electron chi connectivity index (χ1n) is 20.2. The van der Waals surface area contributed by atoms with E-state index in [0.29, 0.717) is 5.69 Å². The van der Waals surface area contributed by atoms with E-state index in [1.165, 1.54) is 31.2 Å². The van der Waals surface area contributed by atoms with Crippen LogP contribution in [0.2, 0.25) is 0 Å². The Labute approximate surface area is 337 Å². The van der Waals surface area contributed by atoms with Gasteiger partial charge in [0.1, 0.15) is 16.9 Å². The Balaban J connectivity index is 0.880. The number of nitrogens with one attached hydrogen (secondary N) is 2. The highest BCUT2D eigenvalue weighted by molar-refractivity contribution is 6.13. The van der Waals surface area contributed by atoms with Crippen LogP contribution in [0.25, 0.3) is 27.8 Å². The molecule has 0 fully saturated rings. The van der Waals surface area contributed by atoms with Crippen molar-refractivity contribution in [3.8, 4) is 5.69 Å². The zero-order valence-corrected chi connectivity index (χ0v) is 33.8. The van der Waals surface area contributed by atoms with Crippen LogP contribution in [0.1, 0.15) is 62.1 Å². The number of rotatable bonds is 15. The van der Waals surface area contributed by atoms with Crippen LogP contribution in [0.5, 0.6) is 0 Å². The number of allylic oxidation sites excluding steroid dienone is 4. The van der Waals surface area contributed by atoms with Crippen molar-refractivity contribution in [1.82, 2.24) is 10.3 Å². The summed E-state index contributed by atoms with van der Waals surface area (Å²) in [4.78, 5) is 10.1.